The molecule has 0 amide bonds. The molecule has 28 heavy (non-hydrogen) atoms. The van der Waals surface area contributed by atoms with Crippen molar-refractivity contribution < 1.29 is 13.2 Å². The Hall–Kier alpha value is -2.12. The number of nitrogens with one attached hydrogen (secondary N) is 1. The summed E-state index contributed by atoms with van der Waals surface area (Å²) in [6.07, 6.45) is 0. The number of nitrogens with zero attached hydrogens (tertiary/aromatic N) is 1. The van der Waals surface area contributed by atoms with Crippen LogP contribution in [0.25, 0.3) is 10.2 Å². The zero-order valence-corrected chi connectivity index (χ0v) is 18.7. The van der Waals surface area contributed by atoms with E-state index in [9.17, 15) is 8.42 Å². The fourth-order valence-corrected chi connectivity index (χ4v) is 5.39. The monoisotopic (exact) mass is 418 g/mol. The predicted octanol–water partition coefficient (Wildman–Crippen LogP) is 5.41. The van der Waals surface area contributed by atoms with E-state index in [4.69, 9.17) is 4.74 Å². The maximum absolute atomic E-state index is 13.1. The summed E-state index contributed by atoms with van der Waals surface area (Å²) in [6, 6.07) is 9.38. The number of sulfonamides is 1. The lowest BCUT2D eigenvalue weighted by atomic mass is 9.85. The molecule has 150 valence electrons. The highest BCUT2D eigenvalue weighted by Gasteiger charge is 2.24. The number of ether oxygens (including phenoxy) is 1. The molecule has 0 saturated carbocycles. The standard InChI is InChI=1S/C21H26N2O3S2/c1-7-26-16-8-9-17-18(12-16)27-20(22-17)23-28(24,25)19-11-15(21(4,5)6)10-13(2)14(19)3/h8-12H,7H2,1-6H3,(H,22,23). The SMILES string of the molecule is CCOc1ccc2nc(NS(=O)(=O)c3cc(C(C)(C)C)cc(C)c3C)sc2c1. The Morgan fingerprint density at radius 2 is 1.86 bits per heavy atom. The van der Waals surface area contributed by atoms with E-state index in [1.54, 1.807) is 6.07 Å². The fourth-order valence-electron chi connectivity index (χ4n) is 2.91. The third-order valence-corrected chi connectivity index (χ3v) is 7.20. The number of thiazole rings is 1. The highest BCUT2D eigenvalue weighted by Crippen LogP contribution is 2.33. The van der Waals surface area contributed by atoms with E-state index in [2.05, 4.69) is 36.5 Å². The Balaban J connectivity index is 2.00. The second-order valence-corrected chi connectivity index (χ2v) is 10.5. The zero-order chi connectivity index (χ0) is 20.7. The summed E-state index contributed by atoms with van der Waals surface area (Å²) in [5, 5.41) is 0.349. The summed E-state index contributed by atoms with van der Waals surface area (Å²) in [6.45, 7) is 12.5. The van der Waals surface area contributed by atoms with Gasteiger partial charge in [0.2, 0.25) is 0 Å². The number of hydrogen-bond acceptors (Lipinski definition) is 5. The number of anilines is 1. The van der Waals surface area contributed by atoms with Gasteiger partial charge in [0.15, 0.2) is 5.13 Å². The van der Waals surface area contributed by atoms with E-state index in [1.807, 2.05) is 39.0 Å². The van der Waals surface area contributed by atoms with Gasteiger partial charge in [-0.15, -0.1) is 0 Å². The van der Waals surface area contributed by atoms with E-state index in [0.29, 0.717) is 16.6 Å². The number of aryl methyl sites for hydroxylation is 1. The smallest absolute Gasteiger partial charge is 0.263 e. The highest BCUT2D eigenvalue weighted by molar-refractivity contribution is 7.93. The quantitative estimate of drug-likeness (QED) is 0.601. The second-order valence-electron chi connectivity index (χ2n) is 7.85. The third kappa shape index (κ3) is 4.15. The number of rotatable bonds is 5. The maximum atomic E-state index is 13.1. The number of benzene rings is 2. The van der Waals surface area contributed by atoms with Gasteiger partial charge in [-0.05, 0) is 67.1 Å². The molecule has 3 rings (SSSR count). The topological polar surface area (TPSA) is 68.3 Å². The van der Waals surface area contributed by atoms with E-state index in [1.165, 1.54) is 11.3 Å². The van der Waals surface area contributed by atoms with Crippen LogP contribution in [0.2, 0.25) is 0 Å². The summed E-state index contributed by atoms with van der Waals surface area (Å²) >= 11 is 1.30. The van der Waals surface area contributed by atoms with Gasteiger partial charge in [-0.2, -0.15) is 0 Å². The zero-order valence-electron chi connectivity index (χ0n) is 17.1. The predicted molar refractivity (Wildman–Crippen MR) is 116 cm³/mol. The minimum Gasteiger partial charge on any atom is -0.494 e. The van der Waals surface area contributed by atoms with Crippen molar-refractivity contribution in [1.82, 2.24) is 4.98 Å². The Morgan fingerprint density at radius 3 is 2.50 bits per heavy atom. The first kappa shape index (κ1) is 20.6. The summed E-state index contributed by atoms with van der Waals surface area (Å²) in [7, 11) is -3.75. The van der Waals surface area contributed by atoms with Crippen LogP contribution in [-0.2, 0) is 15.4 Å². The van der Waals surface area contributed by atoms with Crippen molar-refractivity contribution in [2.75, 3.05) is 11.3 Å². The molecular formula is C21H26N2O3S2. The molecule has 2 aromatic carbocycles. The summed E-state index contributed by atoms with van der Waals surface area (Å²) in [5.74, 6) is 0.748. The summed E-state index contributed by atoms with van der Waals surface area (Å²) in [4.78, 5) is 4.72. The molecule has 0 radical (unpaired) electrons. The molecule has 0 aliphatic rings. The average molecular weight is 419 g/mol. The Labute approximate surface area is 170 Å². The molecule has 0 atom stereocenters. The maximum Gasteiger partial charge on any atom is 0.263 e. The van der Waals surface area contributed by atoms with Crippen LogP contribution in [0.5, 0.6) is 5.75 Å². The average Bonchev–Trinajstić information content (AvgIpc) is 2.97. The lowest BCUT2D eigenvalue weighted by molar-refractivity contribution is 0.341. The third-order valence-electron chi connectivity index (χ3n) is 4.67. The molecule has 0 saturated heterocycles. The van der Waals surface area contributed by atoms with Crippen molar-refractivity contribution in [3.05, 3.63) is 47.0 Å². The normalized spacial score (nSPS) is 12.4. The summed E-state index contributed by atoms with van der Waals surface area (Å²) < 4.78 is 35.3. The van der Waals surface area contributed by atoms with Gasteiger partial charge in [0.1, 0.15) is 5.75 Å². The minimum atomic E-state index is -3.75. The molecule has 1 aromatic heterocycles. The van der Waals surface area contributed by atoms with E-state index < -0.39 is 10.0 Å². The Bertz CT molecular complexity index is 1130. The van der Waals surface area contributed by atoms with Crippen LogP contribution in [0.1, 0.15) is 44.4 Å². The second kappa shape index (κ2) is 7.37. The van der Waals surface area contributed by atoms with Crippen LogP contribution in [0.4, 0.5) is 5.13 Å². The first-order valence-corrected chi connectivity index (χ1v) is 11.5. The first-order valence-electron chi connectivity index (χ1n) is 9.19. The fraction of sp³-hybridized carbons (Fsp3) is 0.381. The van der Waals surface area contributed by atoms with Crippen LogP contribution in [-0.4, -0.2) is 20.0 Å². The molecule has 3 aromatic rings. The molecule has 0 aliphatic carbocycles. The molecule has 0 unspecified atom stereocenters. The van der Waals surface area contributed by atoms with Crippen molar-refractivity contribution in [3.63, 3.8) is 0 Å². The van der Waals surface area contributed by atoms with Crippen molar-refractivity contribution in [2.24, 2.45) is 0 Å². The van der Waals surface area contributed by atoms with Gasteiger partial charge in [0.05, 0.1) is 21.7 Å². The van der Waals surface area contributed by atoms with Crippen LogP contribution in [0.15, 0.2) is 35.2 Å². The number of aromatic nitrogens is 1. The first-order chi connectivity index (χ1) is 13.0. The van der Waals surface area contributed by atoms with Crippen molar-refractivity contribution >= 4 is 36.7 Å². The molecular weight excluding hydrogens is 392 g/mol. The number of hydrogen-bond donors (Lipinski definition) is 1. The van der Waals surface area contributed by atoms with E-state index in [0.717, 1.165) is 32.7 Å². The van der Waals surface area contributed by atoms with Gasteiger partial charge in [-0.25, -0.2) is 13.4 Å². The van der Waals surface area contributed by atoms with Gasteiger partial charge < -0.3 is 4.74 Å². The van der Waals surface area contributed by atoms with Crippen molar-refractivity contribution in [2.45, 2.75) is 51.9 Å². The van der Waals surface area contributed by atoms with Crippen molar-refractivity contribution in [3.8, 4) is 5.75 Å². The van der Waals surface area contributed by atoms with Crippen LogP contribution >= 0.6 is 11.3 Å². The minimum absolute atomic E-state index is 0.145. The van der Waals surface area contributed by atoms with Gasteiger partial charge in [0, 0.05) is 0 Å². The van der Waals surface area contributed by atoms with Crippen LogP contribution in [0.3, 0.4) is 0 Å². The largest absolute Gasteiger partial charge is 0.494 e. The molecule has 0 bridgehead atoms. The highest BCUT2D eigenvalue weighted by atomic mass is 32.2. The van der Waals surface area contributed by atoms with Gasteiger partial charge in [0.25, 0.3) is 10.0 Å². The van der Waals surface area contributed by atoms with Crippen LogP contribution < -0.4 is 9.46 Å². The molecule has 0 aliphatic heterocycles. The Morgan fingerprint density at radius 1 is 1.14 bits per heavy atom. The van der Waals surface area contributed by atoms with Crippen LogP contribution in [0, 0.1) is 13.8 Å². The molecule has 5 nitrogen and oxygen atoms in total. The van der Waals surface area contributed by atoms with E-state index >= 15 is 0 Å². The Kier molecular flexibility index (Phi) is 5.42. The van der Waals surface area contributed by atoms with Crippen molar-refractivity contribution in [1.29, 1.82) is 0 Å². The lowest BCUT2D eigenvalue weighted by Gasteiger charge is -2.22. The lowest BCUT2D eigenvalue weighted by Crippen LogP contribution is -2.18. The van der Waals surface area contributed by atoms with Gasteiger partial charge >= 0.3 is 0 Å². The van der Waals surface area contributed by atoms with Gasteiger partial charge in [-0.3, -0.25) is 4.72 Å². The number of fused-ring (bicyclic) bond motifs is 1. The molecule has 0 spiro atoms. The molecule has 1 heterocycles. The molecule has 7 heteroatoms. The van der Waals surface area contributed by atoms with Gasteiger partial charge in [-0.1, -0.05) is 38.2 Å². The van der Waals surface area contributed by atoms with E-state index in [-0.39, 0.29) is 5.41 Å². The molecule has 1 N–H and O–H groups in total. The molecule has 0 fully saturated rings. The summed E-state index contributed by atoms with van der Waals surface area (Å²) in [5.41, 5.74) is 3.29.